The molecular weight excluding hydrogens is 835 g/mol. The molecule has 0 heterocycles. The molecule has 5 heteroatoms. The Kier molecular flexibility index (Phi) is 56.4. The van der Waals surface area contributed by atoms with Crippen LogP contribution in [0.1, 0.15) is 322 Å². The van der Waals surface area contributed by atoms with Gasteiger partial charge >= 0.3 is 0 Å². The fraction of sp³-hybridized carbons (Fsp3) is 0.857. The van der Waals surface area contributed by atoms with Crippen LogP contribution in [0.15, 0.2) is 48.6 Å². The van der Waals surface area contributed by atoms with Crippen LogP contribution in [0.25, 0.3) is 0 Å². The lowest BCUT2D eigenvalue weighted by atomic mass is 10.0. The molecule has 0 aromatic rings. The number of unbranched alkanes of at least 4 members (excludes halogenated alkanes) is 42. The topological polar surface area (TPSA) is 89.8 Å². The summed E-state index contributed by atoms with van der Waals surface area (Å²) in [6.45, 7) is 4.19. The number of aliphatic hydroxyl groups is 3. The maximum absolute atomic E-state index is 12.5. The minimum absolute atomic E-state index is 0.376. The molecular formula is C63H119NO4. The zero-order chi connectivity index (χ0) is 49.3. The molecule has 0 saturated carbocycles. The van der Waals surface area contributed by atoms with Crippen molar-refractivity contribution >= 4 is 5.91 Å². The summed E-state index contributed by atoms with van der Waals surface area (Å²) in [6, 6.07) is -0.815. The monoisotopic (exact) mass is 954 g/mol. The summed E-state index contributed by atoms with van der Waals surface area (Å²) in [5.74, 6) is -0.510. The van der Waals surface area contributed by atoms with Crippen molar-refractivity contribution in [3.05, 3.63) is 48.6 Å². The van der Waals surface area contributed by atoms with Crippen LogP contribution in [0.3, 0.4) is 0 Å². The normalized spacial score (nSPS) is 13.5. The summed E-state index contributed by atoms with van der Waals surface area (Å²) >= 11 is 0. The van der Waals surface area contributed by atoms with E-state index in [1.54, 1.807) is 6.08 Å². The van der Waals surface area contributed by atoms with E-state index >= 15 is 0 Å². The van der Waals surface area contributed by atoms with Gasteiger partial charge in [0.15, 0.2) is 0 Å². The van der Waals surface area contributed by atoms with Gasteiger partial charge in [0, 0.05) is 0 Å². The molecule has 0 radical (unpaired) electrons. The lowest BCUT2D eigenvalue weighted by Crippen LogP contribution is -2.48. The van der Waals surface area contributed by atoms with Gasteiger partial charge in [0.05, 0.1) is 18.8 Å². The van der Waals surface area contributed by atoms with E-state index in [1.165, 1.54) is 257 Å². The highest BCUT2D eigenvalue weighted by Crippen LogP contribution is 2.17. The molecule has 0 rings (SSSR count). The molecule has 0 aromatic carbocycles. The highest BCUT2D eigenvalue weighted by molar-refractivity contribution is 5.80. The molecule has 0 bridgehead atoms. The van der Waals surface area contributed by atoms with Crippen molar-refractivity contribution in [2.75, 3.05) is 6.61 Å². The number of allylic oxidation sites excluding steroid dienone is 7. The average Bonchev–Trinajstić information content (AvgIpc) is 3.34. The smallest absolute Gasteiger partial charge is 0.249 e. The predicted molar refractivity (Wildman–Crippen MR) is 301 cm³/mol. The highest BCUT2D eigenvalue weighted by atomic mass is 16.3. The molecule has 0 saturated heterocycles. The lowest BCUT2D eigenvalue weighted by Gasteiger charge is -2.21. The van der Waals surface area contributed by atoms with Crippen LogP contribution in [-0.2, 0) is 4.79 Å². The summed E-state index contributed by atoms with van der Waals surface area (Å²) in [6.07, 6.45) is 77.9. The maximum Gasteiger partial charge on any atom is 0.249 e. The Morgan fingerprint density at radius 2 is 0.647 bits per heavy atom. The van der Waals surface area contributed by atoms with E-state index in [1.807, 2.05) is 6.08 Å². The van der Waals surface area contributed by atoms with Crippen LogP contribution >= 0.6 is 0 Å². The van der Waals surface area contributed by atoms with Gasteiger partial charge in [0.1, 0.15) is 6.10 Å². The predicted octanol–water partition coefficient (Wildman–Crippen LogP) is 19.2. The third-order valence-corrected chi connectivity index (χ3v) is 14.1. The second-order valence-electron chi connectivity index (χ2n) is 20.9. The van der Waals surface area contributed by atoms with Gasteiger partial charge in [0.2, 0.25) is 5.91 Å². The van der Waals surface area contributed by atoms with Gasteiger partial charge in [-0.3, -0.25) is 4.79 Å². The van der Waals surface area contributed by atoms with Crippen molar-refractivity contribution < 1.29 is 20.1 Å². The Balaban J connectivity index is 3.51. The van der Waals surface area contributed by atoms with Gasteiger partial charge in [0.25, 0.3) is 0 Å². The average molecular weight is 955 g/mol. The molecule has 0 fully saturated rings. The Labute approximate surface area is 425 Å². The summed E-state index contributed by atoms with van der Waals surface area (Å²) in [5.41, 5.74) is 0. The molecule has 3 atom stereocenters. The van der Waals surface area contributed by atoms with E-state index in [4.69, 9.17) is 0 Å². The van der Waals surface area contributed by atoms with Crippen LogP contribution in [-0.4, -0.2) is 46.1 Å². The van der Waals surface area contributed by atoms with Crippen LogP contribution in [0.2, 0.25) is 0 Å². The lowest BCUT2D eigenvalue weighted by molar-refractivity contribution is -0.131. The fourth-order valence-electron chi connectivity index (χ4n) is 9.41. The van der Waals surface area contributed by atoms with Gasteiger partial charge < -0.3 is 20.6 Å². The first-order valence-electron chi connectivity index (χ1n) is 30.5. The largest absolute Gasteiger partial charge is 0.394 e. The van der Waals surface area contributed by atoms with Gasteiger partial charge in [-0.2, -0.15) is 0 Å². The Bertz CT molecular complexity index is 1100. The first kappa shape index (κ1) is 66.3. The summed E-state index contributed by atoms with van der Waals surface area (Å²) in [7, 11) is 0. The third-order valence-electron chi connectivity index (χ3n) is 14.1. The molecule has 1 amide bonds. The van der Waals surface area contributed by atoms with Crippen LogP contribution in [0, 0.1) is 0 Å². The Morgan fingerprint density at radius 1 is 0.368 bits per heavy atom. The molecule has 0 aliphatic heterocycles. The molecule has 0 aliphatic carbocycles. The van der Waals surface area contributed by atoms with Crippen molar-refractivity contribution in [1.29, 1.82) is 0 Å². The van der Waals surface area contributed by atoms with Crippen molar-refractivity contribution in [1.82, 2.24) is 5.32 Å². The number of carbonyl (C=O) groups excluding carboxylic acids is 1. The number of aliphatic hydroxyl groups excluding tert-OH is 3. The van der Waals surface area contributed by atoms with E-state index in [0.717, 1.165) is 44.9 Å². The quantitative estimate of drug-likeness (QED) is 0.0361. The Hall–Kier alpha value is -1.69. The van der Waals surface area contributed by atoms with Crippen molar-refractivity contribution in [3.63, 3.8) is 0 Å². The van der Waals surface area contributed by atoms with Gasteiger partial charge in [-0.15, -0.1) is 0 Å². The molecule has 3 unspecified atom stereocenters. The number of hydrogen-bond donors (Lipinski definition) is 4. The SMILES string of the molecule is CCCCCCCCCCCC/C=C/CC/C=C/C(O)C(CO)NC(=O)C(O)CCCCCCCCCCCCCCCCCC/C=C\C/C=C\CCCCCCCCCCCCCCCCC. The second-order valence-corrected chi connectivity index (χ2v) is 20.9. The zero-order valence-electron chi connectivity index (χ0n) is 45.7. The van der Waals surface area contributed by atoms with Crippen LogP contribution in [0.4, 0.5) is 0 Å². The summed E-state index contributed by atoms with van der Waals surface area (Å²) in [4.78, 5) is 12.5. The molecule has 0 aliphatic rings. The number of amides is 1. The second kappa shape index (κ2) is 57.9. The summed E-state index contributed by atoms with van der Waals surface area (Å²) < 4.78 is 0. The standard InChI is InChI=1S/C63H119NO4/c1-3-5-7-9-11-13-15-17-19-21-22-23-24-25-26-27-28-29-30-31-32-33-34-35-36-37-38-39-40-41-42-44-46-48-50-52-54-56-58-62(67)63(68)64-60(59-65)61(66)57-55-53-51-49-47-45-43-20-18-16-14-12-10-8-6-4-2/h28-29,31-32,47,49,55,57,60-62,65-67H,3-27,30,33-46,48,50-54,56,58-59H2,1-2H3,(H,64,68)/b29-28-,32-31-,49-47+,57-55+. The van der Waals surface area contributed by atoms with Crippen molar-refractivity contribution in [2.45, 2.75) is 340 Å². The maximum atomic E-state index is 12.5. The number of carbonyl (C=O) groups is 1. The van der Waals surface area contributed by atoms with Gasteiger partial charge in [-0.1, -0.05) is 306 Å². The first-order valence-corrected chi connectivity index (χ1v) is 30.5. The van der Waals surface area contributed by atoms with E-state index in [-0.39, 0.29) is 6.61 Å². The van der Waals surface area contributed by atoms with Crippen LogP contribution in [0.5, 0.6) is 0 Å². The third kappa shape index (κ3) is 52.1. The highest BCUT2D eigenvalue weighted by Gasteiger charge is 2.22. The molecule has 5 nitrogen and oxygen atoms in total. The first-order chi connectivity index (χ1) is 33.6. The van der Waals surface area contributed by atoms with Crippen molar-refractivity contribution in [2.24, 2.45) is 0 Å². The molecule has 4 N–H and O–H groups in total. The van der Waals surface area contributed by atoms with Crippen molar-refractivity contribution in [3.8, 4) is 0 Å². The van der Waals surface area contributed by atoms with E-state index < -0.39 is 24.2 Å². The number of rotatable bonds is 56. The van der Waals surface area contributed by atoms with E-state index in [9.17, 15) is 20.1 Å². The number of hydrogen-bond acceptors (Lipinski definition) is 4. The minimum atomic E-state index is -1.11. The molecule has 68 heavy (non-hydrogen) atoms. The summed E-state index contributed by atoms with van der Waals surface area (Å²) in [5, 5.41) is 33.3. The van der Waals surface area contributed by atoms with E-state index in [0.29, 0.717) is 6.42 Å². The van der Waals surface area contributed by atoms with Crippen LogP contribution < -0.4 is 5.32 Å². The fourth-order valence-corrected chi connectivity index (χ4v) is 9.41. The zero-order valence-corrected chi connectivity index (χ0v) is 45.7. The Morgan fingerprint density at radius 3 is 0.985 bits per heavy atom. The van der Waals surface area contributed by atoms with Gasteiger partial charge in [-0.25, -0.2) is 0 Å². The minimum Gasteiger partial charge on any atom is -0.394 e. The van der Waals surface area contributed by atoms with E-state index in [2.05, 4.69) is 55.6 Å². The molecule has 0 spiro atoms. The van der Waals surface area contributed by atoms with Gasteiger partial charge in [-0.05, 0) is 64.2 Å². The number of nitrogens with one attached hydrogen (secondary N) is 1. The molecule has 0 aromatic heterocycles. The molecule has 400 valence electrons.